The van der Waals surface area contributed by atoms with Crippen molar-refractivity contribution in [2.45, 2.75) is 19.5 Å². The molecule has 0 aromatic carbocycles. The normalized spacial score (nSPS) is 22.1. The highest BCUT2D eigenvalue weighted by atomic mass is 32.1. The number of carbonyl (C=O) groups is 1. The smallest absolute Gasteiger partial charge is 0.180 e. The molecule has 0 unspecified atom stereocenters. The molecule has 0 N–H and O–H groups in total. The van der Waals surface area contributed by atoms with Crippen LogP contribution in [-0.4, -0.2) is 23.3 Å². The van der Waals surface area contributed by atoms with Crippen LogP contribution in [0.5, 0.6) is 0 Å². The van der Waals surface area contributed by atoms with E-state index in [2.05, 4.69) is 11.5 Å². The predicted molar refractivity (Wildman–Crippen MR) is 58.7 cm³/mol. The fourth-order valence-electron chi connectivity index (χ4n) is 1.78. The topological polar surface area (TPSA) is 20.3 Å². The molecule has 2 rings (SSSR count). The molecule has 1 atom stereocenters. The van der Waals surface area contributed by atoms with E-state index < -0.39 is 0 Å². The van der Waals surface area contributed by atoms with Gasteiger partial charge in [-0.25, -0.2) is 0 Å². The summed E-state index contributed by atoms with van der Waals surface area (Å²) in [7, 11) is 0. The average Bonchev–Trinajstić information content (AvgIpc) is 2.62. The molecule has 0 fully saturated rings. The second-order valence-corrected chi connectivity index (χ2v) is 4.52. The van der Waals surface area contributed by atoms with Gasteiger partial charge in [0, 0.05) is 23.5 Å². The van der Waals surface area contributed by atoms with Gasteiger partial charge in [-0.15, -0.1) is 17.9 Å². The quantitative estimate of drug-likeness (QED) is 0.694. The Kier molecular flexibility index (Phi) is 2.52. The molecule has 0 bridgehead atoms. The minimum Gasteiger partial charge on any atom is -0.292 e. The molecule has 0 aliphatic carbocycles. The fourth-order valence-corrected chi connectivity index (χ4v) is 2.69. The lowest BCUT2D eigenvalue weighted by atomic mass is 10.0. The number of ketones is 1. The highest BCUT2D eigenvalue weighted by Gasteiger charge is 2.29. The summed E-state index contributed by atoms with van der Waals surface area (Å²) >= 11 is 1.66. The first-order valence-electron chi connectivity index (χ1n) is 4.69. The van der Waals surface area contributed by atoms with Gasteiger partial charge in [-0.05, 0) is 18.4 Å². The van der Waals surface area contributed by atoms with Crippen LogP contribution in [-0.2, 0) is 6.54 Å². The monoisotopic (exact) mass is 207 g/mol. The summed E-state index contributed by atoms with van der Waals surface area (Å²) in [6.45, 7) is 7.34. The molecule has 14 heavy (non-hydrogen) atoms. The Morgan fingerprint density at radius 1 is 1.79 bits per heavy atom. The van der Waals surface area contributed by atoms with Crippen molar-refractivity contribution >= 4 is 17.1 Å². The third kappa shape index (κ3) is 1.42. The first kappa shape index (κ1) is 9.62. The van der Waals surface area contributed by atoms with Gasteiger partial charge in [0.25, 0.3) is 0 Å². The lowest BCUT2D eigenvalue weighted by Crippen LogP contribution is -2.42. The Hall–Kier alpha value is -0.930. The first-order valence-corrected chi connectivity index (χ1v) is 5.57. The van der Waals surface area contributed by atoms with E-state index in [-0.39, 0.29) is 11.8 Å². The lowest BCUT2D eigenvalue weighted by molar-refractivity contribution is 0.0816. The highest BCUT2D eigenvalue weighted by Crippen LogP contribution is 2.27. The van der Waals surface area contributed by atoms with Crippen molar-refractivity contribution in [2.75, 3.05) is 6.54 Å². The molecular weight excluding hydrogens is 194 g/mol. The van der Waals surface area contributed by atoms with Crippen molar-refractivity contribution in [1.29, 1.82) is 0 Å². The van der Waals surface area contributed by atoms with Gasteiger partial charge in [0.05, 0.1) is 6.04 Å². The van der Waals surface area contributed by atoms with Crippen LogP contribution < -0.4 is 0 Å². The molecule has 1 aliphatic heterocycles. The SMILES string of the molecule is C=CCN1Cc2sccc2C(=O)[C@@H]1C. The summed E-state index contributed by atoms with van der Waals surface area (Å²) in [5, 5.41) is 1.99. The van der Waals surface area contributed by atoms with Crippen LogP contribution in [0.2, 0.25) is 0 Å². The van der Waals surface area contributed by atoms with Gasteiger partial charge < -0.3 is 0 Å². The van der Waals surface area contributed by atoms with E-state index in [9.17, 15) is 4.79 Å². The first-order chi connectivity index (χ1) is 6.74. The largest absolute Gasteiger partial charge is 0.292 e. The molecule has 1 aromatic rings. The zero-order chi connectivity index (χ0) is 10.1. The van der Waals surface area contributed by atoms with E-state index in [4.69, 9.17) is 0 Å². The molecule has 1 aromatic heterocycles. The van der Waals surface area contributed by atoms with E-state index in [0.29, 0.717) is 0 Å². The molecule has 0 radical (unpaired) electrons. The third-order valence-corrected chi connectivity index (χ3v) is 3.55. The van der Waals surface area contributed by atoms with Crippen molar-refractivity contribution in [3.8, 4) is 0 Å². The minimum atomic E-state index is -0.00454. The average molecular weight is 207 g/mol. The van der Waals surface area contributed by atoms with Gasteiger partial charge in [-0.2, -0.15) is 0 Å². The third-order valence-electron chi connectivity index (χ3n) is 2.65. The maximum Gasteiger partial charge on any atom is 0.180 e. The van der Waals surface area contributed by atoms with E-state index in [1.165, 1.54) is 4.88 Å². The van der Waals surface area contributed by atoms with Gasteiger partial charge in [0.2, 0.25) is 0 Å². The zero-order valence-corrected chi connectivity index (χ0v) is 9.01. The molecule has 74 valence electrons. The fraction of sp³-hybridized carbons (Fsp3) is 0.364. The number of fused-ring (bicyclic) bond motifs is 1. The van der Waals surface area contributed by atoms with Gasteiger partial charge in [0.15, 0.2) is 5.78 Å². The number of Topliss-reactive ketones (excluding diaryl/α,β-unsaturated/α-hetero) is 1. The maximum absolute atomic E-state index is 11.9. The Labute approximate surface area is 87.9 Å². The van der Waals surface area contributed by atoms with Crippen LogP contribution >= 0.6 is 11.3 Å². The number of carbonyl (C=O) groups excluding carboxylic acids is 1. The van der Waals surface area contributed by atoms with E-state index in [1.807, 2.05) is 24.4 Å². The molecule has 0 saturated carbocycles. The predicted octanol–water partition coefficient (Wildman–Crippen LogP) is 2.32. The number of thiophene rings is 1. The number of hydrogen-bond acceptors (Lipinski definition) is 3. The molecule has 2 nitrogen and oxygen atoms in total. The summed E-state index contributed by atoms with van der Waals surface area (Å²) in [5.41, 5.74) is 0.919. The van der Waals surface area contributed by atoms with E-state index in [0.717, 1.165) is 18.7 Å². The number of hydrogen-bond donors (Lipinski definition) is 0. The number of nitrogens with zero attached hydrogens (tertiary/aromatic N) is 1. The summed E-state index contributed by atoms with van der Waals surface area (Å²) in [5.74, 6) is 0.245. The maximum atomic E-state index is 11.9. The van der Waals surface area contributed by atoms with Crippen LogP contribution in [0.1, 0.15) is 22.2 Å². The summed E-state index contributed by atoms with van der Waals surface area (Å²) in [6.07, 6.45) is 1.85. The molecule has 3 heteroatoms. The van der Waals surface area contributed by atoms with Crippen LogP contribution in [0.25, 0.3) is 0 Å². The second-order valence-electron chi connectivity index (χ2n) is 3.52. The van der Waals surface area contributed by atoms with Crippen LogP contribution in [0.3, 0.4) is 0 Å². The van der Waals surface area contributed by atoms with Crippen LogP contribution in [0.15, 0.2) is 24.1 Å². The summed E-state index contributed by atoms with van der Waals surface area (Å²) in [6, 6.07) is 1.93. The van der Waals surface area contributed by atoms with Crippen molar-refractivity contribution in [3.63, 3.8) is 0 Å². The molecule has 0 saturated heterocycles. The molecule has 2 heterocycles. The Bertz CT molecular complexity index is 369. The molecule has 1 aliphatic rings. The molecule has 0 amide bonds. The van der Waals surface area contributed by atoms with Crippen molar-refractivity contribution in [2.24, 2.45) is 0 Å². The summed E-state index contributed by atoms with van der Waals surface area (Å²) < 4.78 is 0. The molecule has 0 spiro atoms. The lowest BCUT2D eigenvalue weighted by Gasteiger charge is -2.30. The minimum absolute atomic E-state index is 0.00454. The zero-order valence-electron chi connectivity index (χ0n) is 8.19. The highest BCUT2D eigenvalue weighted by molar-refractivity contribution is 7.10. The van der Waals surface area contributed by atoms with Crippen LogP contribution in [0.4, 0.5) is 0 Å². The van der Waals surface area contributed by atoms with Gasteiger partial charge >= 0.3 is 0 Å². The van der Waals surface area contributed by atoms with Crippen molar-refractivity contribution < 1.29 is 4.79 Å². The van der Waals surface area contributed by atoms with E-state index >= 15 is 0 Å². The standard InChI is InChI=1S/C11H13NOS/c1-3-5-12-7-10-9(4-6-14-10)11(13)8(12)2/h3-4,6,8H,1,5,7H2,2H3/t8-/m0/s1. The Balaban J connectivity index is 2.31. The van der Waals surface area contributed by atoms with Gasteiger partial charge in [0.1, 0.15) is 0 Å². The second kappa shape index (κ2) is 3.67. The van der Waals surface area contributed by atoms with Crippen molar-refractivity contribution in [3.05, 3.63) is 34.5 Å². The van der Waals surface area contributed by atoms with Gasteiger partial charge in [-0.3, -0.25) is 9.69 Å². The van der Waals surface area contributed by atoms with Gasteiger partial charge in [-0.1, -0.05) is 6.08 Å². The Morgan fingerprint density at radius 3 is 3.29 bits per heavy atom. The Morgan fingerprint density at radius 2 is 2.57 bits per heavy atom. The van der Waals surface area contributed by atoms with Crippen molar-refractivity contribution in [1.82, 2.24) is 4.90 Å². The van der Waals surface area contributed by atoms with Crippen LogP contribution in [0, 0.1) is 0 Å². The summed E-state index contributed by atoms with van der Waals surface area (Å²) in [4.78, 5) is 15.2. The molecular formula is C11H13NOS. The van der Waals surface area contributed by atoms with E-state index in [1.54, 1.807) is 11.3 Å². The number of rotatable bonds is 2.